The molecule has 6 nitrogen and oxygen atoms in total. The first-order valence-electron chi connectivity index (χ1n) is 3.77. The van der Waals surface area contributed by atoms with Gasteiger partial charge in [0, 0.05) is 6.54 Å². The second kappa shape index (κ2) is 5.15. The number of rotatable bonds is 6. The van der Waals surface area contributed by atoms with E-state index < -0.39 is 28.6 Å². The third kappa shape index (κ3) is 5.56. The van der Waals surface area contributed by atoms with Crippen molar-refractivity contribution in [2.24, 2.45) is 0 Å². The molecular weight excluding hydrogens is 198 g/mol. The molecule has 0 spiro atoms. The van der Waals surface area contributed by atoms with Crippen LogP contribution in [0.15, 0.2) is 0 Å². The van der Waals surface area contributed by atoms with Crippen LogP contribution in [-0.2, 0) is 14.8 Å². The number of hydrogen-bond donors (Lipinski definition) is 3. The number of nitrogens with one attached hydrogen (secondary N) is 1. The molecular formula is C6H13NO5S. The fourth-order valence-corrected chi connectivity index (χ4v) is 1.73. The van der Waals surface area contributed by atoms with E-state index in [9.17, 15) is 13.2 Å². The molecule has 0 fully saturated rings. The van der Waals surface area contributed by atoms with Crippen LogP contribution in [-0.4, -0.2) is 43.0 Å². The van der Waals surface area contributed by atoms with E-state index in [0.717, 1.165) is 0 Å². The monoisotopic (exact) mass is 211 g/mol. The molecule has 0 aliphatic rings. The van der Waals surface area contributed by atoms with Gasteiger partial charge in [0.25, 0.3) is 0 Å². The van der Waals surface area contributed by atoms with Crippen molar-refractivity contribution in [1.82, 2.24) is 4.72 Å². The number of aliphatic hydroxyl groups is 1. The molecule has 0 bridgehead atoms. The van der Waals surface area contributed by atoms with E-state index >= 15 is 0 Å². The largest absolute Gasteiger partial charge is 0.479 e. The molecule has 0 amide bonds. The van der Waals surface area contributed by atoms with E-state index in [1.165, 1.54) is 0 Å². The Morgan fingerprint density at radius 2 is 2.08 bits per heavy atom. The van der Waals surface area contributed by atoms with Crippen LogP contribution in [0.3, 0.4) is 0 Å². The van der Waals surface area contributed by atoms with Crippen molar-refractivity contribution in [3.63, 3.8) is 0 Å². The molecule has 0 saturated carbocycles. The molecule has 0 aliphatic carbocycles. The molecule has 0 aromatic carbocycles. The first-order valence-corrected chi connectivity index (χ1v) is 5.42. The van der Waals surface area contributed by atoms with Gasteiger partial charge in [-0.2, -0.15) is 0 Å². The number of hydrogen-bond acceptors (Lipinski definition) is 4. The Morgan fingerprint density at radius 1 is 1.54 bits per heavy atom. The van der Waals surface area contributed by atoms with Crippen LogP contribution in [0.5, 0.6) is 0 Å². The summed E-state index contributed by atoms with van der Waals surface area (Å²) >= 11 is 0. The highest BCUT2D eigenvalue weighted by atomic mass is 32.2. The van der Waals surface area contributed by atoms with Gasteiger partial charge in [0.05, 0.1) is 5.75 Å². The first kappa shape index (κ1) is 12.3. The molecule has 1 atom stereocenters. The van der Waals surface area contributed by atoms with Gasteiger partial charge in [0.15, 0.2) is 6.10 Å². The molecule has 0 unspecified atom stereocenters. The average molecular weight is 211 g/mol. The van der Waals surface area contributed by atoms with Gasteiger partial charge >= 0.3 is 5.97 Å². The summed E-state index contributed by atoms with van der Waals surface area (Å²) in [6, 6.07) is 0. The maximum Gasteiger partial charge on any atom is 0.333 e. The predicted octanol–water partition coefficient (Wildman–Crippen LogP) is -1.24. The molecule has 7 heteroatoms. The number of sulfonamides is 1. The minimum atomic E-state index is -3.43. The molecule has 13 heavy (non-hydrogen) atoms. The minimum Gasteiger partial charge on any atom is -0.479 e. The van der Waals surface area contributed by atoms with Gasteiger partial charge in [0.2, 0.25) is 10.0 Å². The van der Waals surface area contributed by atoms with Gasteiger partial charge in [-0.3, -0.25) is 0 Å². The topological polar surface area (TPSA) is 104 Å². The van der Waals surface area contributed by atoms with E-state index in [4.69, 9.17) is 10.2 Å². The molecule has 0 saturated heterocycles. The Balaban J connectivity index is 3.95. The minimum absolute atomic E-state index is 0.0701. The van der Waals surface area contributed by atoms with Crippen LogP contribution in [0.25, 0.3) is 0 Å². The highest BCUT2D eigenvalue weighted by Gasteiger charge is 2.16. The SMILES string of the molecule is CCCS(=O)(=O)NC[C@H](O)C(=O)O. The Kier molecular flexibility index (Phi) is 4.89. The zero-order valence-corrected chi connectivity index (χ0v) is 8.04. The summed E-state index contributed by atoms with van der Waals surface area (Å²) in [5, 5.41) is 17.0. The van der Waals surface area contributed by atoms with E-state index in [1.54, 1.807) is 6.92 Å². The summed E-state index contributed by atoms with van der Waals surface area (Å²) in [6.45, 7) is 1.20. The van der Waals surface area contributed by atoms with E-state index in [0.29, 0.717) is 6.42 Å². The third-order valence-electron chi connectivity index (χ3n) is 1.25. The molecule has 0 radical (unpaired) electrons. The summed E-state index contributed by atoms with van der Waals surface area (Å²) in [4.78, 5) is 10.1. The highest BCUT2D eigenvalue weighted by molar-refractivity contribution is 7.89. The number of carboxylic acid groups (broad SMARTS) is 1. The van der Waals surface area contributed by atoms with E-state index in [-0.39, 0.29) is 5.75 Å². The first-order chi connectivity index (χ1) is 5.89. The van der Waals surface area contributed by atoms with Crippen molar-refractivity contribution >= 4 is 16.0 Å². The van der Waals surface area contributed by atoms with Gasteiger partial charge in [-0.25, -0.2) is 17.9 Å². The third-order valence-corrected chi connectivity index (χ3v) is 2.81. The highest BCUT2D eigenvalue weighted by Crippen LogP contribution is 1.89. The Bertz CT molecular complexity index is 260. The maximum absolute atomic E-state index is 10.9. The normalized spacial score (nSPS) is 14.0. The molecule has 0 rings (SSSR count). The van der Waals surface area contributed by atoms with Crippen LogP contribution in [0, 0.1) is 0 Å². The summed E-state index contributed by atoms with van der Waals surface area (Å²) < 4.78 is 23.9. The zero-order chi connectivity index (χ0) is 10.5. The fraction of sp³-hybridized carbons (Fsp3) is 0.833. The quantitative estimate of drug-likeness (QED) is 0.510. The predicted molar refractivity (Wildman–Crippen MR) is 45.7 cm³/mol. The van der Waals surface area contributed by atoms with Crippen LogP contribution >= 0.6 is 0 Å². The molecule has 78 valence electrons. The lowest BCUT2D eigenvalue weighted by atomic mass is 10.4. The standard InChI is InChI=1S/C6H13NO5S/c1-2-3-13(11,12)7-4-5(8)6(9)10/h5,7-8H,2-4H2,1H3,(H,9,10)/t5-/m0/s1. The molecule has 0 aliphatic heterocycles. The average Bonchev–Trinajstić information content (AvgIpc) is 2.00. The van der Waals surface area contributed by atoms with Gasteiger partial charge < -0.3 is 10.2 Å². The van der Waals surface area contributed by atoms with Crippen LogP contribution in [0.2, 0.25) is 0 Å². The molecule has 0 aromatic heterocycles. The van der Waals surface area contributed by atoms with Gasteiger partial charge in [-0.15, -0.1) is 0 Å². The summed E-state index contributed by atoms with van der Waals surface area (Å²) in [6.07, 6.45) is -1.25. The van der Waals surface area contributed by atoms with Crippen molar-refractivity contribution in [3.8, 4) is 0 Å². The van der Waals surface area contributed by atoms with Crippen molar-refractivity contribution in [2.45, 2.75) is 19.4 Å². The Morgan fingerprint density at radius 3 is 2.46 bits per heavy atom. The summed E-state index contributed by atoms with van der Waals surface area (Å²) in [7, 11) is -3.43. The van der Waals surface area contributed by atoms with Crippen molar-refractivity contribution < 1.29 is 23.4 Å². The smallest absolute Gasteiger partial charge is 0.333 e. The molecule has 3 N–H and O–H groups in total. The molecule has 0 aromatic rings. The van der Waals surface area contributed by atoms with Crippen LogP contribution in [0.4, 0.5) is 0 Å². The van der Waals surface area contributed by atoms with E-state index in [1.807, 2.05) is 4.72 Å². The molecule has 0 heterocycles. The Labute approximate surface area is 76.6 Å². The van der Waals surface area contributed by atoms with Gasteiger partial charge in [-0.05, 0) is 6.42 Å². The number of carboxylic acids is 1. The lowest BCUT2D eigenvalue weighted by Crippen LogP contribution is -2.37. The summed E-state index contributed by atoms with van der Waals surface area (Å²) in [5.74, 6) is -1.52. The zero-order valence-electron chi connectivity index (χ0n) is 7.23. The number of aliphatic carboxylic acids is 1. The second-order valence-electron chi connectivity index (χ2n) is 2.52. The Hall–Kier alpha value is -0.660. The van der Waals surface area contributed by atoms with Crippen molar-refractivity contribution in [2.75, 3.05) is 12.3 Å². The maximum atomic E-state index is 10.9. The van der Waals surface area contributed by atoms with Crippen LogP contribution < -0.4 is 4.72 Å². The van der Waals surface area contributed by atoms with E-state index in [2.05, 4.69) is 0 Å². The number of aliphatic hydroxyl groups excluding tert-OH is 1. The van der Waals surface area contributed by atoms with Gasteiger partial charge in [0.1, 0.15) is 0 Å². The fourth-order valence-electron chi connectivity index (χ4n) is 0.634. The lowest BCUT2D eigenvalue weighted by Gasteiger charge is -2.07. The number of carbonyl (C=O) groups is 1. The van der Waals surface area contributed by atoms with Crippen molar-refractivity contribution in [1.29, 1.82) is 0 Å². The van der Waals surface area contributed by atoms with Gasteiger partial charge in [-0.1, -0.05) is 6.92 Å². The van der Waals surface area contributed by atoms with Crippen LogP contribution in [0.1, 0.15) is 13.3 Å². The van der Waals surface area contributed by atoms with Crippen molar-refractivity contribution in [3.05, 3.63) is 0 Å². The summed E-state index contributed by atoms with van der Waals surface area (Å²) in [5.41, 5.74) is 0. The second-order valence-corrected chi connectivity index (χ2v) is 4.45. The lowest BCUT2D eigenvalue weighted by molar-refractivity contribution is -0.146.